The van der Waals surface area contributed by atoms with Crippen LogP contribution < -0.4 is 5.32 Å². The van der Waals surface area contributed by atoms with Crippen LogP contribution in [0.5, 0.6) is 0 Å². The third kappa shape index (κ3) is 4.01. The van der Waals surface area contributed by atoms with Gasteiger partial charge in [-0.2, -0.15) is 4.31 Å². The number of rotatable bonds is 4. The summed E-state index contributed by atoms with van der Waals surface area (Å²) in [6, 6.07) is 5.12. The molecule has 28 heavy (non-hydrogen) atoms. The van der Waals surface area contributed by atoms with Crippen LogP contribution in [0.15, 0.2) is 35.2 Å². The summed E-state index contributed by atoms with van der Waals surface area (Å²) in [6.07, 6.45) is 2.39. The number of nitrogens with zero attached hydrogens (tertiary/aromatic N) is 1. The molecule has 150 valence electrons. The van der Waals surface area contributed by atoms with Crippen LogP contribution in [0.4, 0.5) is 18.9 Å². The lowest BCUT2D eigenvalue weighted by molar-refractivity contribution is 0.102. The van der Waals surface area contributed by atoms with E-state index in [2.05, 4.69) is 5.32 Å². The highest BCUT2D eigenvalue weighted by Gasteiger charge is 2.29. The molecule has 2 aromatic rings. The Kier molecular flexibility index (Phi) is 5.97. The zero-order chi connectivity index (χ0) is 20.5. The molecule has 0 aliphatic carbocycles. The molecule has 0 aromatic heterocycles. The molecule has 0 unspecified atom stereocenters. The fourth-order valence-corrected chi connectivity index (χ4v) is 4.92. The molecular formula is C18H16ClF3N2O3S. The zero-order valence-corrected chi connectivity index (χ0v) is 16.1. The molecule has 0 atom stereocenters. The van der Waals surface area contributed by atoms with Crippen molar-refractivity contribution in [1.29, 1.82) is 0 Å². The van der Waals surface area contributed by atoms with Gasteiger partial charge in [-0.1, -0.05) is 18.0 Å². The molecule has 1 fully saturated rings. The summed E-state index contributed by atoms with van der Waals surface area (Å²) in [7, 11) is -3.90. The molecule has 1 amide bonds. The van der Waals surface area contributed by atoms with Crippen molar-refractivity contribution in [2.45, 2.75) is 24.2 Å². The van der Waals surface area contributed by atoms with Gasteiger partial charge in [-0.15, -0.1) is 0 Å². The number of piperidine rings is 1. The van der Waals surface area contributed by atoms with Crippen LogP contribution in [0, 0.1) is 17.5 Å². The predicted molar refractivity (Wildman–Crippen MR) is 98.3 cm³/mol. The van der Waals surface area contributed by atoms with Crippen molar-refractivity contribution in [2.75, 3.05) is 18.4 Å². The molecule has 1 aliphatic rings. The number of nitrogens with one attached hydrogen (secondary N) is 1. The van der Waals surface area contributed by atoms with E-state index in [1.165, 1.54) is 16.4 Å². The second-order valence-corrected chi connectivity index (χ2v) is 8.60. The molecule has 0 spiro atoms. The summed E-state index contributed by atoms with van der Waals surface area (Å²) in [5.74, 6) is -5.56. The van der Waals surface area contributed by atoms with Gasteiger partial charge in [0, 0.05) is 18.7 Å². The number of hydrogen-bond donors (Lipinski definition) is 1. The van der Waals surface area contributed by atoms with Gasteiger partial charge >= 0.3 is 0 Å². The lowest BCUT2D eigenvalue weighted by Crippen LogP contribution is -2.35. The normalized spacial score (nSPS) is 15.4. The van der Waals surface area contributed by atoms with Gasteiger partial charge in [-0.25, -0.2) is 21.6 Å². The van der Waals surface area contributed by atoms with Crippen LogP contribution in [-0.2, 0) is 10.0 Å². The molecule has 0 bridgehead atoms. The minimum atomic E-state index is -3.90. The quantitative estimate of drug-likeness (QED) is 0.737. The molecule has 1 aliphatic heterocycles. The van der Waals surface area contributed by atoms with Gasteiger partial charge in [0.2, 0.25) is 10.0 Å². The number of benzene rings is 2. The van der Waals surface area contributed by atoms with Crippen molar-refractivity contribution >= 4 is 33.2 Å². The SMILES string of the molecule is O=C(Nc1ccc(F)c(F)c1F)c1ccc(Cl)c(S(=O)(=O)N2CCCCC2)c1. The number of carbonyl (C=O) groups excluding carboxylic acids is 1. The molecule has 5 nitrogen and oxygen atoms in total. The Morgan fingerprint density at radius 2 is 1.68 bits per heavy atom. The molecule has 0 radical (unpaired) electrons. The fraction of sp³-hybridized carbons (Fsp3) is 0.278. The van der Waals surface area contributed by atoms with Crippen molar-refractivity contribution in [2.24, 2.45) is 0 Å². The van der Waals surface area contributed by atoms with Gasteiger partial charge in [0.25, 0.3) is 5.91 Å². The third-order valence-corrected chi connectivity index (χ3v) is 6.79. The zero-order valence-electron chi connectivity index (χ0n) is 14.5. The molecular weight excluding hydrogens is 417 g/mol. The third-order valence-electron chi connectivity index (χ3n) is 4.41. The molecule has 0 saturated carbocycles. The van der Waals surface area contributed by atoms with Gasteiger partial charge < -0.3 is 5.32 Å². The standard InChI is InChI=1S/C18H16ClF3N2O3S/c19-12-5-4-11(10-15(12)28(26,27)24-8-2-1-3-9-24)18(25)23-14-7-6-13(20)16(21)17(14)22/h4-7,10H,1-3,8-9H2,(H,23,25). The number of sulfonamides is 1. The highest BCUT2D eigenvalue weighted by molar-refractivity contribution is 7.89. The molecule has 10 heteroatoms. The van der Waals surface area contributed by atoms with Gasteiger partial charge in [-0.05, 0) is 43.2 Å². The van der Waals surface area contributed by atoms with Crippen LogP contribution in [0.25, 0.3) is 0 Å². The number of halogens is 4. The highest BCUT2D eigenvalue weighted by atomic mass is 35.5. The van der Waals surface area contributed by atoms with E-state index in [0.29, 0.717) is 19.2 Å². The smallest absolute Gasteiger partial charge is 0.255 e. The van der Waals surface area contributed by atoms with Crippen LogP contribution >= 0.6 is 11.6 Å². The minimum Gasteiger partial charge on any atom is -0.319 e. The maximum atomic E-state index is 13.8. The topological polar surface area (TPSA) is 66.5 Å². The first kappa shape index (κ1) is 20.6. The van der Waals surface area contributed by atoms with Crippen LogP contribution in [0.2, 0.25) is 5.02 Å². The summed E-state index contributed by atoms with van der Waals surface area (Å²) < 4.78 is 67.1. The monoisotopic (exact) mass is 432 g/mol. The highest BCUT2D eigenvalue weighted by Crippen LogP contribution is 2.28. The summed E-state index contributed by atoms with van der Waals surface area (Å²) in [4.78, 5) is 12.1. The summed E-state index contributed by atoms with van der Waals surface area (Å²) >= 11 is 6.04. The Labute approximate surface area is 165 Å². The average Bonchev–Trinajstić information content (AvgIpc) is 2.69. The average molecular weight is 433 g/mol. The number of hydrogen-bond acceptors (Lipinski definition) is 3. The van der Waals surface area contributed by atoms with E-state index in [-0.39, 0.29) is 15.5 Å². The van der Waals surface area contributed by atoms with E-state index in [4.69, 9.17) is 11.6 Å². The van der Waals surface area contributed by atoms with Gasteiger partial charge in [0.1, 0.15) is 4.90 Å². The number of amides is 1. The van der Waals surface area contributed by atoms with Gasteiger partial charge in [-0.3, -0.25) is 4.79 Å². The van der Waals surface area contributed by atoms with Gasteiger partial charge in [0.05, 0.1) is 10.7 Å². The molecule has 1 saturated heterocycles. The van der Waals surface area contributed by atoms with E-state index < -0.39 is 39.1 Å². The van der Waals surface area contributed by atoms with E-state index in [1.807, 2.05) is 0 Å². The predicted octanol–water partition coefficient (Wildman–Crippen LogP) is 4.18. The first-order valence-corrected chi connectivity index (χ1v) is 10.3. The lowest BCUT2D eigenvalue weighted by atomic mass is 10.2. The van der Waals surface area contributed by atoms with E-state index in [9.17, 15) is 26.4 Å². The Bertz CT molecular complexity index is 1020. The maximum Gasteiger partial charge on any atom is 0.255 e. The van der Waals surface area contributed by atoms with Crippen molar-refractivity contribution in [3.63, 3.8) is 0 Å². The molecule has 1 N–H and O–H groups in total. The molecule has 2 aromatic carbocycles. The molecule has 3 rings (SSSR count). The lowest BCUT2D eigenvalue weighted by Gasteiger charge is -2.26. The molecule has 1 heterocycles. The summed E-state index contributed by atoms with van der Waals surface area (Å²) in [5.41, 5.74) is -0.691. The van der Waals surface area contributed by atoms with Crippen LogP contribution in [0.3, 0.4) is 0 Å². The van der Waals surface area contributed by atoms with Crippen LogP contribution in [-0.4, -0.2) is 31.7 Å². The van der Waals surface area contributed by atoms with E-state index in [1.54, 1.807) is 0 Å². The first-order chi connectivity index (χ1) is 13.2. The summed E-state index contributed by atoms with van der Waals surface area (Å²) in [5, 5.41) is 2.05. The second kappa shape index (κ2) is 8.10. The van der Waals surface area contributed by atoms with E-state index in [0.717, 1.165) is 31.4 Å². The summed E-state index contributed by atoms with van der Waals surface area (Å²) in [6.45, 7) is 0.713. The minimum absolute atomic E-state index is 0.0545. The van der Waals surface area contributed by atoms with Crippen molar-refractivity contribution in [3.8, 4) is 0 Å². The second-order valence-electron chi connectivity index (χ2n) is 6.29. The fourth-order valence-electron chi connectivity index (χ4n) is 2.90. The van der Waals surface area contributed by atoms with Crippen molar-refractivity contribution < 1.29 is 26.4 Å². The Morgan fingerprint density at radius 3 is 2.36 bits per heavy atom. The van der Waals surface area contributed by atoms with Gasteiger partial charge in [0.15, 0.2) is 17.5 Å². The van der Waals surface area contributed by atoms with Crippen molar-refractivity contribution in [1.82, 2.24) is 4.31 Å². The number of anilines is 1. The Hall–Kier alpha value is -2.10. The van der Waals surface area contributed by atoms with E-state index >= 15 is 0 Å². The number of carbonyl (C=O) groups is 1. The van der Waals surface area contributed by atoms with Crippen molar-refractivity contribution in [3.05, 3.63) is 58.4 Å². The Morgan fingerprint density at radius 1 is 1.00 bits per heavy atom. The largest absolute Gasteiger partial charge is 0.319 e. The maximum absolute atomic E-state index is 13.8. The Balaban J connectivity index is 1.91. The van der Waals surface area contributed by atoms with Crippen LogP contribution in [0.1, 0.15) is 29.6 Å². The first-order valence-electron chi connectivity index (χ1n) is 8.46.